The minimum absolute atomic E-state index is 0.0939. The minimum atomic E-state index is 0.0939. The summed E-state index contributed by atoms with van der Waals surface area (Å²) in [5, 5.41) is 0. The molecule has 0 radical (unpaired) electrons. The second kappa shape index (κ2) is 5.13. The quantitative estimate of drug-likeness (QED) is 0.781. The number of ketones is 1. The molecule has 17 heavy (non-hydrogen) atoms. The van der Waals surface area contributed by atoms with Gasteiger partial charge in [-0.15, -0.1) is 0 Å². The molecule has 0 N–H and O–H groups in total. The lowest BCUT2D eigenvalue weighted by molar-refractivity contribution is -0.131. The topological polar surface area (TPSA) is 37.4 Å². The van der Waals surface area contributed by atoms with E-state index >= 15 is 0 Å². The van der Waals surface area contributed by atoms with Crippen LogP contribution in [0.1, 0.15) is 30.4 Å². The highest BCUT2D eigenvalue weighted by molar-refractivity contribution is 5.87. The van der Waals surface area contributed by atoms with Crippen molar-refractivity contribution in [2.75, 3.05) is 6.54 Å². The van der Waals surface area contributed by atoms with E-state index < -0.39 is 0 Å². The maximum atomic E-state index is 11.8. The van der Waals surface area contributed by atoms with Crippen LogP contribution in [0.4, 0.5) is 0 Å². The van der Waals surface area contributed by atoms with Crippen molar-refractivity contribution in [2.45, 2.75) is 32.7 Å². The fourth-order valence-electron chi connectivity index (χ4n) is 1.99. The summed E-state index contributed by atoms with van der Waals surface area (Å²) in [7, 11) is 0. The standard InChI is InChI=1S/C14H17NO2/c1-11-2-4-12(5-3-11)10-15-9-8-13(16)6-7-14(15)17/h2-5H,6-10H2,1H3. The van der Waals surface area contributed by atoms with E-state index in [0.29, 0.717) is 32.4 Å². The maximum absolute atomic E-state index is 11.8. The van der Waals surface area contributed by atoms with Crippen LogP contribution in [-0.4, -0.2) is 23.1 Å². The Bertz CT molecular complexity index is 422. The predicted octanol–water partition coefficient (Wildman–Crippen LogP) is 2.08. The molecule has 0 spiro atoms. The molecule has 1 aliphatic rings. The summed E-state index contributed by atoms with van der Waals surface area (Å²) in [6.45, 7) is 3.22. The van der Waals surface area contributed by atoms with Crippen molar-refractivity contribution in [3.63, 3.8) is 0 Å². The van der Waals surface area contributed by atoms with E-state index in [4.69, 9.17) is 0 Å². The average Bonchev–Trinajstić information content (AvgIpc) is 2.47. The first-order valence-electron chi connectivity index (χ1n) is 6.00. The van der Waals surface area contributed by atoms with E-state index in [-0.39, 0.29) is 11.7 Å². The molecule has 3 nitrogen and oxygen atoms in total. The number of carbonyl (C=O) groups excluding carboxylic acids is 2. The van der Waals surface area contributed by atoms with Gasteiger partial charge in [-0.3, -0.25) is 9.59 Å². The van der Waals surface area contributed by atoms with E-state index in [1.54, 1.807) is 4.90 Å². The number of carbonyl (C=O) groups is 2. The van der Waals surface area contributed by atoms with E-state index in [0.717, 1.165) is 5.56 Å². The molecule has 0 saturated carbocycles. The number of rotatable bonds is 2. The van der Waals surface area contributed by atoms with Gasteiger partial charge in [-0.1, -0.05) is 29.8 Å². The second-order valence-electron chi connectivity index (χ2n) is 4.59. The van der Waals surface area contributed by atoms with Gasteiger partial charge in [0.15, 0.2) is 0 Å². The van der Waals surface area contributed by atoms with Gasteiger partial charge < -0.3 is 4.90 Å². The van der Waals surface area contributed by atoms with Gasteiger partial charge in [-0.05, 0) is 12.5 Å². The van der Waals surface area contributed by atoms with Crippen molar-refractivity contribution in [3.05, 3.63) is 35.4 Å². The lowest BCUT2D eigenvalue weighted by Gasteiger charge is -2.20. The van der Waals surface area contributed by atoms with Crippen LogP contribution in [0.15, 0.2) is 24.3 Å². The van der Waals surface area contributed by atoms with Crippen LogP contribution < -0.4 is 0 Å². The highest BCUT2D eigenvalue weighted by Gasteiger charge is 2.20. The summed E-state index contributed by atoms with van der Waals surface area (Å²) in [5.41, 5.74) is 2.34. The summed E-state index contributed by atoms with van der Waals surface area (Å²) in [5.74, 6) is 0.293. The molecule has 1 fully saturated rings. The van der Waals surface area contributed by atoms with Crippen molar-refractivity contribution in [3.8, 4) is 0 Å². The van der Waals surface area contributed by atoms with Crippen LogP contribution >= 0.6 is 0 Å². The second-order valence-corrected chi connectivity index (χ2v) is 4.59. The molecule has 1 aromatic rings. The summed E-state index contributed by atoms with van der Waals surface area (Å²) in [4.78, 5) is 24.9. The van der Waals surface area contributed by atoms with Crippen molar-refractivity contribution in [1.29, 1.82) is 0 Å². The Balaban J connectivity index is 2.04. The summed E-state index contributed by atoms with van der Waals surface area (Å²) >= 11 is 0. The molecule has 2 rings (SSSR count). The summed E-state index contributed by atoms with van der Waals surface area (Å²) in [6, 6.07) is 8.16. The number of amides is 1. The van der Waals surface area contributed by atoms with Crippen LogP contribution in [0.25, 0.3) is 0 Å². The van der Waals surface area contributed by atoms with Gasteiger partial charge in [0.2, 0.25) is 5.91 Å². The SMILES string of the molecule is Cc1ccc(CN2CCC(=O)CCC2=O)cc1. The van der Waals surface area contributed by atoms with Crippen molar-refractivity contribution < 1.29 is 9.59 Å². The Labute approximate surface area is 101 Å². The summed E-state index contributed by atoms with van der Waals surface area (Å²) < 4.78 is 0. The maximum Gasteiger partial charge on any atom is 0.223 e. The van der Waals surface area contributed by atoms with Gasteiger partial charge in [0, 0.05) is 32.4 Å². The van der Waals surface area contributed by atoms with Gasteiger partial charge in [0.05, 0.1) is 0 Å². The summed E-state index contributed by atoms with van der Waals surface area (Å²) in [6.07, 6.45) is 1.27. The molecular formula is C14H17NO2. The van der Waals surface area contributed by atoms with Gasteiger partial charge in [0.1, 0.15) is 5.78 Å². The number of Topliss-reactive ketones (excluding diaryl/α,β-unsaturated/α-hetero) is 1. The Kier molecular flexibility index (Phi) is 3.57. The Morgan fingerprint density at radius 1 is 1.06 bits per heavy atom. The van der Waals surface area contributed by atoms with Crippen LogP contribution in [-0.2, 0) is 16.1 Å². The molecule has 0 unspecified atom stereocenters. The largest absolute Gasteiger partial charge is 0.338 e. The van der Waals surface area contributed by atoms with Gasteiger partial charge in [-0.25, -0.2) is 0 Å². The number of nitrogens with zero attached hydrogens (tertiary/aromatic N) is 1. The first kappa shape index (κ1) is 11.8. The van der Waals surface area contributed by atoms with E-state index in [9.17, 15) is 9.59 Å². The third-order valence-corrected chi connectivity index (χ3v) is 3.13. The minimum Gasteiger partial charge on any atom is -0.338 e. The molecule has 0 bridgehead atoms. The van der Waals surface area contributed by atoms with Crippen LogP contribution in [0.3, 0.4) is 0 Å². The van der Waals surface area contributed by atoms with E-state index in [1.165, 1.54) is 5.56 Å². The third kappa shape index (κ3) is 3.16. The lowest BCUT2D eigenvalue weighted by atomic mass is 10.1. The fraction of sp³-hybridized carbons (Fsp3) is 0.429. The highest BCUT2D eigenvalue weighted by atomic mass is 16.2. The molecule has 3 heteroatoms. The van der Waals surface area contributed by atoms with Gasteiger partial charge >= 0.3 is 0 Å². The van der Waals surface area contributed by atoms with Crippen molar-refractivity contribution in [2.24, 2.45) is 0 Å². The molecule has 1 amide bonds. The number of likely N-dealkylation sites (tertiary alicyclic amines) is 1. The molecule has 1 saturated heterocycles. The van der Waals surface area contributed by atoms with Crippen LogP contribution in [0.5, 0.6) is 0 Å². The van der Waals surface area contributed by atoms with Crippen LogP contribution in [0.2, 0.25) is 0 Å². The van der Waals surface area contributed by atoms with E-state index in [1.807, 2.05) is 31.2 Å². The number of aryl methyl sites for hydroxylation is 1. The molecular weight excluding hydrogens is 214 g/mol. The monoisotopic (exact) mass is 231 g/mol. The zero-order valence-electron chi connectivity index (χ0n) is 10.1. The van der Waals surface area contributed by atoms with Crippen molar-refractivity contribution in [1.82, 2.24) is 4.90 Å². The Hall–Kier alpha value is -1.64. The van der Waals surface area contributed by atoms with Gasteiger partial charge in [0.25, 0.3) is 0 Å². The first-order chi connectivity index (χ1) is 8.15. The normalized spacial score (nSPS) is 17.1. The third-order valence-electron chi connectivity index (χ3n) is 3.13. The van der Waals surface area contributed by atoms with Crippen LogP contribution in [0, 0.1) is 6.92 Å². The van der Waals surface area contributed by atoms with E-state index in [2.05, 4.69) is 0 Å². The number of benzene rings is 1. The molecule has 0 aliphatic carbocycles. The molecule has 1 heterocycles. The Morgan fingerprint density at radius 2 is 1.76 bits per heavy atom. The molecule has 1 aliphatic heterocycles. The zero-order valence-corrected chi connectivity index (χ0v) is 10.1. The average molecular weight is 231 g/mol. The van der Waals surface area contributed by atoms with Gasteiger partial charge in [-0.2, -0.15) is 0 Å². The first-order valence-corrected chi connectivity index (χ1v) is 6.00. The molecule has 0 aromatic heterocycles. The lowest BCUT2D eigenvalue weighted by Crippen LogP contribution is -2.29. The molecule has 1 aromatic carbocycles. The number of hydrogen-bond acceptors (Lipinski definition) is 2. The Morgan fingerprint density at radius 3 is 2.47 bits per heavy atom. The predicted molar refractivity (Wildman–Crippen MR) is 65.5 cm³/mol. The molecule has 0 atom stereocenters. The zero-order chi connectivity index (χ0) is 12.3. The smallest absolute Gasteiger partial charge is 0.223 e. The highest BCUT2D eigenvalue weighted by Crippen LogP contribution is 2.13. The van der Waals surface area contributed by atoms with Crippen molar-refractivity contribution >= 4 is 11.7 Å². The fourth-order valence-corrected chi connectivity index (χ4v) is 1.99. The molecule has 90 valence electrons. The number of hydrogen-bond donors (Lipinski definition) is 0.